The van der Waals surface area contributed by atoms with Crippen molar-refractivity contribution < 1.29 is 63.0 Å². The van der Waals surface area contributed by atoms with Gasteiger partial charge >= 0.3 is 58.2 Å². The summed E-state index contributed by atoms with van der Waals surface area (Å²) in [7, 11) is 1.86. The maximum Gasteiger partial charge on any atom is 1.00 e. The molecule has 1 saturated heterocycles. The number of likely N-dealkylation sites (tertiary alicyclic amines) is 1. The largest absolute Gasteiger partial charge is 1.00 e. The monoisotopic (exact) mass is 211 g/mol. The summed E-state index contributed by atoms with van der Waals surface area (Å²) in [4.78, 5) is 12.7. The van der Waals surface area contributed by atoms with Crippen molar-refractivity contribution in [2.45, 2.75) is 19.8 Å². The number of amides is 1. The third kappa shape index (κ3) is 3.12. The molecule has 0 bridgehead atoms. The molecule has 1 aliphatic heterocycles. The molecule has 0 aromatic heterocycles. The van der Waals surface area contributed by atoms with E-state index in [1.807, 2.05) is 14.0 Å². The molecule has 0 aromatic carbocycles. The molecular weight excluding hydrogens is 200 g/mol. The van der Waals surface area contributed by atoms with Crippen LogP contribution in [0.2, 0.25) is 0 Å². The summed E-state index contributed by atoms with van der Waals surface area (Å²) >= 11 is 0. The van der Waals surface area contributed by atoms with Gasteiger partial charge in [-0.15, -0.1) is 0 Å². The Hall–Kier alpha value is 1.28. The van der Waals surface area contributed by atoms with Gasteiger partial charge in [0.2, 0.25) is 0 Å². The summed E-state index contributed by atoms with van der Waals surface area (Å²) < 4.78 is 0. The summed E-state index contributed by atoms with van der Waals surface area (Å²) in [5.74, 6) is 1.58. The zero-order valence-corrected chi connectivity index (χ0v) is 11.9. The van der Waals surface area contributed by atoms with Gasteiger partial charge in [0.25, 0.3) is 0 Å². The molecule has 0 aliphatic carbocycles. The van der Waals surface area contributed by atoms with Gasteiger partial charge in [-0.3, -0.25) is 4.79 Å². The molecular formula is C7H12NORb. The normalized spacial score (nSPS) is 20.6. The average molecular weight is 212 g/mol. The molecule has 0 spiro atoms. The van der Waals surface area contributed by atoms with E-state index in [1.165, 1.54) is 5.92 Å². The topological polar surface area (TPSA) is 20.3 Å². The van der Waals surface area contributed by atoms with Crippen LogP contribution in [0, 0.1) is 5.92 Å². The van der Waals surface area contributed by atoms with E-state index >= 15 is 0 Å². The average Bonchev–Trinajstić information content (AvgIpc) is 1.80. The van der Waals surface area contributed by atoms with Crippen LogP contribution in [-0.2, 0) is 4.79 Å². The predicted molar refractivity (Wildman–Crippen MR) is 35.8 cm³/mol. The smallest absolute Gasteiger partial charge is 0.351 e. The van der Waals surface area contributed by atoms with E-state index in [0.29, 0.717) is 6.42 Å². The van der Waals surface area contributed by atoms with E-state index in [-0.39, 0.29) is 64.1 Å². The number of carbonyl (C=O) groups excluding carboxylic acids is 1. The van der Waals surface area contributed by atoms with Gasteiger partial charge in [-0.25, -0.2) is 0 Å². The van der Waals surface area contributed by atoms with Crippen molar-refractivity contribution in [2.24, 2.45) is 0 Å². The van der Waals surface area contributed by atoms with Gasteiger partial charge in [0.05, 0.1) is 0 Å². The van der Waals surface area contributed by atoms with Crippen LogP contribution < -0.4 is 58.2 Å². The van der Waals surface area contributed by atoms with E-state index in [0.717, 1.165) is 13.0 Å². The van der Waals surface area contributed by atoms with Crippen molar-refractivity contribution in [3.05, 3.63) is 5.92 Å². The summed E-state index contributed by atoms with van der Waals surface area (Å²) in [6.45, 7) is 2.95. The Morgan fingerprint density at radius 1 is 1.60 bits per heavy atom. The Morgan fingerprint density at radius 2 is 2.20 bits per heavy atom. The minimum Gasteiger partial charge on any atom is -0.351 e. The van der Waals surface area contributed by atoms with Crippen molar-refractivity contribution in [1.29, 1.82) is 0 Å². The second-order valence-electron chi connectivity index (χ2n) is 2.70. The van der Waals surface area contributed by atoms with Crippen molar-refractivity contribution in [3.8, 4) is 0 Å². The Labute approximate surface area is 111 Å². The van der Waals surface area contributed by atoms with E-state index < -0.39 is 0 Å². The molecule has 3 heteroatoms. The number of piperidine rings is 1. The molecule has 0 unspecified atom stereocenters. The maximum atomic E-state index is 10.9. The second kappa shape index (κ2) is 5.02. The van der Waals surface area contributed by atoms with Crippen LogP contribution in [-0.4, -0.2) is 24.4 Å². The molecule has 0 saturated carbocycles. The Morgan fingerprint density at radius 3 is 2.60 bits per heavy atom. The number of hydrogen-bond donors (Lipinski definition) is 0. The van der Waals surface area contributed by atoms with Crippen molar-refractivity contribution in [3.63, 3.8) is 0 Å². The first kappa shape index (κ1) is 11.3. The molecule has 1 aliphatic rings. The minimum absolute atomic E-state index is 0. The Kier molecular flexibility index (Phi) is 5.66. The number of rotatable bonds is 0. The van der Waals surface area contributed by atoms with Crippen molar-refractivity contribution in [1.82, 2.24) is 4.90 Å². The van der Waals surface area contributed by atoms with Gasteiger partial charge in [0, 0.05) is 7.05 Å². The summed E-state index contributed by atoms with van der Waals surface area (Å²) in [5, 5.41) is 0. The molecule has 1 amide bonds. The molecule has 10 heavy (non-hydrogen) atoms. The molecule has 1 rings (SSSR count). The van der Waals surface area contributed by atoms with Crippen LogP contribution in [0.25, 0.3) is 0 Å². The van der Waals surface area contributed by atoms with Crippen molar-refractivity contribution in [2.75, 3.05) is 13.6 Å². The SMILES string of the molecule is C[C-]1CCN(C)C(=O)C1.[Rb+]. The van der Waals surface area contributed by atoms with Crippen LogP contribution >= 0.6 is 0 Å². The first-order valence-electron chi connectivity index (χ1n) is 3.25. The van der Waals surface area contributed by atoms with E-state index in [9.17, 15) is 4.79 Å². The van der Waals surface area contributed by atoms with E-state index in [4.69, 9.17) is 0 Å². The van der Waals surface area contributed by atoms with Gasteiger partial charge in [0.1, 0.15) is 0 Å². The van der Waals surface area contributed by atoms with Crippen LogP contribution in [0.1, 0.15) is 19.8 Å². The Balaban J connectivity index is 0.000000810. The molecule has 0 aromatic rings. The summed E-state index contributed by atoms with van der Waals surface area (Å²) in [6, 6.07) is 0. The van der Waals surface area contributed by atoms with Crippen LogP contribution in [0.5, 0.6) is 0 Å². The minimum atomic E-state index is 0. The van der Waals surface area contributed by atoms with Crippen LogP contribution in [0.4, 0.5) is 0 Å². The quantitative estimate of drug-likeness (QED) is 0.418. The third-order valence-electron chi connectivity index (χ3n) is 1.75. The standard InChI is InChI=1S/C7H12NO.Rb/c1-6-3-4-8(2)7(9)5-6;/h3-5H2,1-2H3;/q-1;+1. The fourth-order valence-corrected chi connectivity index (χ4v) is 0.965. The van der Waals surface area contributed by atoms with E-state index in [2.05, 4.69) is 0 Å². The van der Waals surface area contributed by atoms with Crippen LogP contribution in [0.3, 0.4) is 0 Å². The first-order valence-corrected chi connectivity index (χ1v) is 3.25. The molecule has 0 N–H and O–H groups in total. The van der Waals surface area contributed by atoms with Crippen LogP contribution in [0.15, 0.2) is 0 Å². The molecule has 52 valence electrons. The van der Waals surface area contributed by atoms with Gasteiger partial charge in [-0.1, -0.05) is 6.42 Å². The summed E-state index contributed by atoms with van der Waals surface area (Å²) in [5.41, 5.74) is 0. The van der Waals surface area contributed by atoms with E-state index in [1.54, 1.807) is 4.90 Å². The van der Waals surface area contributed by atoms with Gasteiger partial charge in [-0.2, -0.15) is 13.3 Å². The zero-order valence-electron chi connectivity index (χ0n) is 6.98. The number of nitrogens with zero attached hydrogens (tertiary/aromatic N) is 1. The number of hydrogen-bond acceptors (Lipinski definition) is 1. The predicted octanol–water partition coefficient (Wildman–Crippen LogP) is -2.16. The van der Waals surface area contributed by atoms with Gasteiger partial charge in [-0.05, 0) is 6.54 Å². The van der Waals surface area contributed by atoms with Gasteiger partial charge in [0.15, 0.2) is 5.91 Å². The molecule has 1 heterocycles. The molecule has 2 nitrogen and oxygen atoms in total. The fraction of sp³-hybridized carbons (Fsp3) is 0.714. The maximum absolute atomic E-state index is 10.9. The fourth-order valence-electron chi connectivity index (χ4n) is 0.965. The molecule has 0 atom stereocenters. The third-order valence-corrected chi connectivity index (χ3v) is 1.75. The first-order chi connectivity index (χ1) is 4.20. The van der Waals surface area contributed by atoms with Gasteiger partial charge < -0.3 is 10.8 Å². The molecule has 0 radical (unpaired) electrons. The zero-order chi connectivity index (χ0) is 6.85. The number of carbonyl (C=O) groups is 1. The summed E-state index contributed by atoms with van der Waals surface area (Å²) in [6.07, 6.45) is 1.75. The second-order valence-corrected chi connectivity index (χ2v) is 2.70. The Bertz CT molecular complexity index is 127. The van der Waals surface area contributed by atoms with Crippen molar-refractivity contribution >= 4 is 5.91 Å². The molecule has 1 fully saturated rings.